The normalized spacial score (nSPS) is 10.4. The maximum absolute atomic E-state index is 11.2. The first kappa shape index (κ1) is 14.5. The Morgan fingerprint density at radius 3 is 3.00 bits per heavy atom. The van der Waals surface area contributed by atoms with Crippen molar-refractivity contribution in [1.82, 2.24) is 5.32 Å². The van der Waals surface area contributed by atoms with Gasteiger partial charge in [0.15, 0.2) is 0 Å². The summed E-state index contributed by atoms with van der Waals surface area (Å²) in [6.45, 7) is 2.55. The molecule has 0 saturated heterocycles. The van der Waals surface area contributed by atoms with E-state index in [9.17, 15) is 4.79 Å². The summed E-state index contributed by atoms with van der Waals surface area (Å²) in [7, 11) is 1.50. The van der Waals surface area contributed by atoms with Gasteiger partial charge in [-0.25, -0.2) is 4.79 Å². The summed E-state index contributed by atoms with van der Waals surface area (Å²) in [4.78, 5) is 16.2. The van der Waals surface area contributed by atoms with E-state index in [1.165, 1.54) is 13.3 Å². The molecule has 0 aliphatic carbocycles. The summed E-state index contributed by atoms with van der Waals surface area (Å²) in [5.41, 5.74) is 0.657. The Labute approximate surface area is 114 Å². The monoisotopic (exact) mass is 314 g/mol. The lowest BCUT2D eigenvalue weighted by Crippen LogP contribution is -2.22. The molecule has 1 rings (SSSR count). The summed E-state index contributed by atoms with van der Waals surface area (Å²) >= 11 is 3.34. The largest absolute Gasteiger partial charge is 0.412 e. The average Bonchev–Trinajstić information content (AvgIpc) is 2.37. The smallest absolute Gasteiger partial charge is 0.410 e. The molecule has 0 atom stereocenters. The van der Waals surface area contributed by atoms with Crippen molar-refractivity contribution in [2.24, 2.45) is 5.16 Å². The fourth-order valence-corrected chi connectivity index (χ4v) is 1.48. The van der Waals surface area contributed by atoms with Gasteiger partial charge in [0.2, 0.25) is 0 Å². The lowest BCUT2D eigenvalue weighted by atomic mass is 10.2. The molecule has 1 aromatic rings. The fraction of sp³-hybridized carbons (Fsp3) is 0.333. The van der Waals surface area contributed by atoms with Crippen molar-refractivity contribution < 1.29 is 14.4 Å². The third-order valence-electron chi connectivity index (χ3n) is 1.94. The Morgan fingerprint density at radius 2 is 2.33 bits per heavy atom. The Bertz CT molecular complexity index is 435. The van der Waals surface area contributed by atoms with Crippen LogP contribution in [0.25, 0.3) is 0 Å². The van der Waals surface area contributed by atoms with Crippen molar-refractivity contribution in [1.29, 1.82) is 0 Å². The van der Waals surface area contributed by atoms with Gasteiger partial charge in [-0.3, -0.25) is 0 Å². The molecule has 1 amide bonds. The molecule has 0 spiro atoms. The Morgan fingerprint density at radius 1 is 1.56 bits per heavy atom. The average molecular weight is 315 g/mol. The molecule has 1 N–H and O–H groups in total. The van der Waals surface area contributed by atoms with Gasteiger partial charge in [-0.15, -0.1) is 0 Å². The predicted molar refractivity (Wildman–Crippen MR) is 73.1 cm³/mol. The zero-order valence-corrected chi connectivity index (χ0v) is 11.9. The highest BCUT2D eigenvalue weighted by molar-refractivity contribution is 9.10. The van der Waals surface area contributed by atoms with Gasteiger partial charge in [-0.05, 0) is 24.6 Å². The number of oxime groups is 1. The first-order valence-corrected chi connectivity index (χ1v) is 6.31. The van der Waals surface area contributed by atoms with Crippen molar-refractivity contribution in [2.75, 3.05) is 13.7 Å². The molecule has 0 aliphatic heterocycles. The maximum Gasteiger partial charge on any atom is 0.412 e. The van der Waals surface area contributed by atoms with Gasteiger partial charge in [-0.2, -0.15) is 0 Å². The first-order chi connectivity index (χ1) is 8.67. The molecule has 6 heteroatoms. The molecule has 18 heavy (non-hydrogen) atoms. The number of nitrogens with zero attached hydrogens (tertiary/aromatic N) is 1. The number of hydrogen-bond acceptors (Lipinski definition) is 4. The molecule has 5 nitrogen and oxygen atoms in total. The number of hydrogen-bond donors (Lipinski definition) is 1. The predicted octanol–water partition coefficient (Wildman–Crippen LogP) is 2.93. The van der Waals surface area contributed by atoms with Crippen LogP contribution < -0.4 is 10.1 Å². The third kappa shape index (κ3) is 4.75. The van der Waals surface area contributed by atoms with Crippen LogP contribution >= 0.6 is 15.9 Å². The van der Waals surface area contributed by atoms with Crippen LogP contribution in [0.5, 0.6) is 5.75 Å². The number of benzene rings is 1. The number of nitrogens with one attached hydrogen (secondary N) is 1. The lowest BCUT2D eigenvalue weighted by molar-refractivity contribution is 0.146. The van der Waals surface area contributed by atoms with E-state index in [0.717, 1.165) is 10.9 Å². The summed E-state index contributed by atoms with van der Waals surface area (Å²) in [5, 5.41) is 6.19. The fourth-order valence-electron chi connectivity index (χ4n) is 1.10. The van der Waals surface area contributed by atoms with E-state index in [1.54, 1.807) is 18.2 Å². The van der Waals surface area contributed by atoms with Crippen LogP contribution in [0, 0.1) is 0 Å². The molecule has 0 heterocycles. The van der Waals surface area contributed by atoms with E-state index < -0.39 is 6.09 Å². The Hall–Kier alpha value is -1.56. The number of carbonyl (C=O) groups excluding carboxylic acids is 1. The summed E-state index contributed by atoms with van der Waals surface area (Å²) < 4.78 is 5.95. The molecule has 0 radical (unpaired) electrons. The second kappa shape index (κ2) is 7.71. The van der Waals surface area contributed by atoms with Crippen molar-refractivity contribution >= 4 is 28.2 Å². The highest BCUT2D eigenvalue weighted by Gasteiger charge is 2.07. The van der Waals surface area contributed by atoms with Crippen LogP contribution in [-0.2, 0) is 4.84 Å². The van der Waals surface area contributed by atoms with E-state index in [2.05, 4.69) is 26.4 Å². The van der Waals surface area contributed by atoms with E-state index in [-0.39, 0.29) is 0 Å². The van der Waals surface area contributed by atoms with Crippen molar-refractivity contribution in [3.63, 3.8) is 0 Å². The summed E-state index contributed by atoms with van der Waals surface area (Å²) in [6.07, 6.45) is 1.87. The van der Waals surface area contributed by atoms with Crippen LogP contribution in [-0.4, -0.2) is 26.0 Å². The third-order valence-corrected chi connectivity index (χ3v) is 2.43. The van der Waals surface area contributed by atoms with Crippen molar-refractivity contribution in [3.8, 4) is 5.75 Å². The summed E-state index contributed by atoms with van der Waals surface area (Å²) in [6, 6.07) is 5.25. The minimum Gasteiger partial charge on any atom is -0.410 e. The molecule has 0 unspecified atom stereocenters. The molecule has 0 aromatic heterocycles. The van der Waals surface area contributed by atoms with Crippen molar-refractivity contribution in [2.45, 2.75) is 13.3 Å². The van der Waals surface area contributed by atoms with Crippen LogP contribution in [0.15, 0.2) is 27.8 Å². The standard InChI is InChI=1S/C12H15BrN2O3/c1-3-6-17-15-8-9-7-10(13)4-5-11(9)18-12(16)14-2/h4-5,7-8H,3,6H2,1-2H3,(H,14,16). The van der Waals surface area contributed by atoms with Gasteiger partial charge < -0.3 is 14.9 Å². The zero-order valence-electron chi connectivity index (χ0n) is 10.3. The zero-order chi connectivity index (χ0) is 13.4. The minimum atomic E-state index is -0.526. The molecular weight excluding hydrogens is 300 g/mol. The lowest BCUT2D eigenvalue weighted by Gasteiger charge is -2.06. The topological polar surface area (TPSA) is 59.9 Å². The van der Waals surface area contributed by atoms with E-state index in [1.807, 2.05) is 6.92 Å². The molecule has 1 aromatic carbocycles. The van der Waals surface area contributed by atoms with E-state index in [4.69, 9.17) is 9.57 Å². The quantitative estimate of drug-likeness (QED) is 0.516. The van der Waals surface area contributed by atoms with Gasteiger partial charge in [0.1, 0.15) is 12.4 Å². The minimum absolute atomic E-state index is 0.418. The Kier molecular flexibility index (Phi) is 6.21. The number of ether oxygens (including phenoxy) is 1. The van der Waals surface area contributed by atoms with E-state index >= 15 is 0 Å². The second-order valence-corrected chi connectivity index (χ2v) is 4.31. The van der Waals surface area contributed by atoms with Crippen LogP contribution in [0.2, 0.25) is 0 Å². The first-order valence-electron chi connectivity index (χ1n) is 5.51. The van der Waals surface area contributed by atoms with Gasteiger partial charge in [0.05, 0.1) is 6.21 Å². The molecule has 0 saturated carbocycles. The molecule has 0 bridgehead atoms. The molecule has 0 aliphatic rings. The highest BCUT2D eigenvalue weighted by atomic mass is 79.9. The summed E-state index contributed by atoms with van der Waals surface area (Å²) in [5.74, 6) is 0.418. The van der Waals surface area contributed by atoms with Gasteiger partial charge in [0, 0.05) is 17.1 Å². The molecule has 98 valence electrons. The number of carbonyl (C=O) groups is 1. The number of amides is 1. The van der Waals surface area contributed by atoms with Crippen LogP contribution in [0.4, 0.5) is 4.79 Å². The van der Waals surface area contributed by atoms with E-state index in [0.29, 0.717) is 17.9 Å². The van der Waals surface area contributed by atoms with Gasteiger partial charge in [-0.1, -0.05) is 28.0 Å². The Balaban J connectivity index is 2.82. The number of halogens is 1. The number of rotatable bonds is 5. The van der Waals surface area contributed by atoms with Crippen molar-refractivity contribution in [3.05, 3.63) is 28.2 Å². The SMILES string of the molecule is CCCON=Cc1cc(Br)ccc1OC(=O)NC. The van der Waals surface area contributed by atoms with Gasteiger partial charge >= 0.3 is 6.09 Å². The van der Waals surface area contributed by atoms with Crippen LogP contribution in [0.1, 0.15) is 18.9 Å². The molecule has 0 fully saturated rings. The van der Waals surface area contributed by atoms with Gasteiger partial charge in [0.25, 0.3) is 0 Å². The second-order valence-electron chi connectivity index (χ2n) is 3.39. The maximum atomic E-state index is 11.2. The molecular formula is C12H15BrN2O3. The highest BCUT2D eigenvalue weighted by Crippen LogP contribution is 2.22. The van der Waals surface area contributed by atoms with Crippen LogP contribution in [0.3, 0.4) is 0 Å².